The van der Waals surface area contributed by atoms with Gasteiger partial charge in [-0.05, 0) is 36.8 Å². The van der Waals surface area contributed by atoms with Gasteiger partial charge in [0.15, 0.2) is 0 Å². The summed E-state index contributed by atoms with van der Waals surface area (Å²) in [7, 11) is 0. The lowest BCUT2D eigenvalue weighted by molar-refractivity contribution is 0.102. The van der Waals surface area contributed by atoms with E-state index in [-0.39, 0.29) is 5.91 Å². The minimum atomic E-state index is -0.208. The molecule has 0 unspecified atom stereocenters. The van der Waals surface area contributed by atoms with Gasteiger partial charge in [-0.15, -0.1) is 0 Å². The first kappa shape index (κ1) is 18.5. The van der Waals surface area contributed by atoms with Crippen molar-refractivity contribution in [2.45, 2.75) is 13.3 Å². The first-order chi connectivity index (χ1) is 13.3. The Morgan fingerprint density at radius 2 is 1.67 bits per heavy atom. The van der Waals surface area contributed by atoms with Crippen LogP contribution in [-0.2, 0) is 6.42 Å². The van der Waals surface area contributed by atoms with E-state index in [1.165, 1.54) is 5.56 Å². The van der Waals surface area contributed by atoms with Crippen LogP contribution < -0.4 is 14.8 Å². The zero-order valence-corrected chi connectivity index (χ0v) is 15.4. The lowest BCUT2D eigenvalue weighted by Crippen LogP contribution is -2.13. The first-order valence-electron chi connectivity index (χ1n) is 9.06. The van der Waals surface area contributed by atoms with Crippen molar-refractivity contribution >= 4 is 11.6 Å². The quantitative estimate of drug-likeness (QED) is 0.617. The Balaban J connectivity index is 1.61. The maximum Gasteiger partial charge on any atom is 0.259 e. The second kappa shape index (κ2) is 9.43. The van der Waals surface area contributed by atoms with Gasteiger partial charge in [-0.3, -0.25) is 4.79 Å². The Bertz CT molecular complexity index is 878. The lowest BCUT2D eigenvalue weighted by Gasteiger charge is -2.12. The summed E-state index contributed by atoms with van der Waals surface area (Å²) < 4.78 is 11.4. The third kappa shape index (κ3) is 5.35. The molecule has 4 nitrogen and oxygen atoms in total. The molecule has 3 aromatic rings. The average molecular weight is 361 g/mol. The van der Waals surface area contributed by atoms with Gasteiger partial charge in [0, 0.05) is 18.2 Å². The Morgan fingerprint density at radius 3 is 2.48 bits per heavy atom. The van der Waals surface area contributed by atoms with E-state index in [1.807, 2.05) is 61.5 Å². The molecule has 1 amide bonds. The van der Waals surface area contributed by atoms with Crippen molar-refractivity contribution in [1.29, 1.82) is 0 Å². The predicted molar refractivity (Wildman–Crippen MR) is 108 cm³/mol. The van der Waals surface area contributed by atoms with Crippen molar-refractivity contribution in [3.63, 3.8) is 0 Å². The molecule has 0 saturated carbocycles. The van der Waals surface area contributed by atoms with Gasteiger partial charge in [-0.2, -0.15) is 0 Å². The van der Waals surface area contributed by atoms with E-state index in [2.05, 4.69) is 17.4 Å². The fourth-order valence-corrected chi connectivity index (χ4v) is 2.73. The third-order valence-electron chi connectivity index (χ3n) is 4.03. The molecule has 0 atom stereocenters. The van der Waals surface area contributed by atoms with Crippen LogP contribution in [0.4, 0.5) is 5.69 Å². The molecule has 4 heteroatoms. The smallest absolute Gasteiger partial charge is 0.259 e. The molecule has 0 aromatic heterocycles. The Morgan fingerprint density at radius 1 is 0.889 bits per heavy atom. The molecule has 3 rings (SSSR count). The van der Waals surface area contributed by atoms with Gasteiger partial charge in [0.05, 0.1) is 18.8 Å². The fourth-order valence-electron chi connectivity index (χ4n) is 2.73. The van der Waals surface area contributed by atoms with Crippen LogP contribution in [0.5, 0.6) is 11.5 Å². The maximum absolute atomic E-state index is 12.6. The minimum Gasteiger partial charge on any atom is -0.493 e. The van der Waals surface area contributed by atoms with Crippen LogP contribution in [0, 0.1) is 0 Å². The number of carbonyl (C=O) groups is 1. The van der Waals surface area contributed by atoms with Gasteiger partial charge in [0.2, 0.25) is 0 Å². The van der Waals surface area contributed by atoms with Gasteiger partial charge < -0.3 is 14.8 Å². The monoisotopic (exact) mass is 361 g/mol. The van der Waals surface area contributed by atoms with E-state index in [0.717, 1.165) is 12.2 Å². The zero-order valence-electron chi connectivity index (χ0n) is 15.4. The molecular weight excluding hydrogens is 338 g/mol. The zero-order chi connectivity index (χ0) is 18.9. The number of ether oxygens (including phenoxy) is 2. The van der Waals surface area contributed by atoms with Crippen molar-refractivity contribution in [3.8, 4) is 11.5 Å². The normalized spacial score (nSPS) is 10.3. The van der Waals surface area contributed by atoms with Crippen LogP contribution in [0.15, 0.2) is 78.9 Å². The number of anilines is 1. The Hall–Kier alpha value is -3.27. The largest absolute Gasteiger partial charge is 0.493 e. The summed E-state index contributed by atoms with van der Waals surface area (Å²) in [6, 6.07) is 24.8. The number of benzene rings is 3. The molecule has 0 bridgehead atoms. The molecule has 27 heavy (non-hydrogen) atoms. The minimum absolute atomic E-state index is 0.208. The van der Waals surface area contributed by atoms with Crippen LogP contribution in [0.2, 0.25) is 0 Å². The molecule has 138 valence electrons. The molecule has 0 fully saturated rings. The van der Waals surface area contributed by atoms with Crippen molar-refractivity contribution in [1.82, 2.24) is 0 Å². The number of para-hydroxylation sites is 1. The third-order valence-corrected chi connectivity index (χ3v) is 4.03. The van der Waals surface area contributed by atoms with Gasteiger partial charge in [-0.1, -0.05) is 48.5 Å². The number of amides is 1. The molecule has 0 heterocycles. The summed E-state index contributed by atoms with van der Waals surface area (Å²) in [6.07, 6.45) is 0.832. The highest BCUT2D eigenvalue weighted by atomic mass is 16.5. The summed E-state index contributed by atoms with van der Waals surface area (Å²) in [5.74, 6) is 1.09. The lowest BCUT2D eigenvalue weighted by atomic mass is 10.1. The molecule has 1 N–H and O–H groups in total. The van der Waals surface area contributed by atoms with E-state index in [1.54, 1.807) is 12.1 Å². The molecule has 0 aliphatic carbocycles. The fraction of sp³-hybridized carbons (Fsp3) is 0.174. The van der Waals surface area contributed by atoms with Gasteiger partial charge in [0.1, 0.15) is 11.5 Å². The van der Waals surface area contributed by atoms with Gasteiger partial charge in [0.25, 0.3) is 5.91 Å². The average Bonchev–Trinajstić information content (AvgIpc) is 2.70. The molecule has 0 saturated heterocycles. The van der Waals surface area contributed by atoms with Crippen LogP contribution in [0.25, 0.3) is 0 Å². The SMILES string of the molecule is CCOc1ccccc1C(=O)Nc1cccc(OCCc2ccccc2)c1. The van der Waals surface area contributed by atoms with Crippen molar-refractivity contribution in [2.75, 3.05) is 18.5 Å². The van der Waals surface area contributed by atoms with Crippen LogP contribution in [0.3, 0.4) is 0 Å². The number of hydrogen-bond donors (Lipinski definition) is 1. The summed E-state index contributed by atoms with van der Waals surface area (Å²) in [6.45, 7) is 2.98. The highest BCUT2D eigenvalue weighted by Gasteiger charge is 2.12. The Labute approximate surface area is 159 Å². The number of hydrogen-bond acceptors (Lipinski definition) is 3. The maximum atomic E-state index is 12.6. The summed E-state index contributed by atoms with van der Waals surface area (Å²) in [4.78, 5) is 12.6. The first-order valence-corrected chi connectivity index (χ1v) is 9.06. The summed E-state index contributed by atoms with van der Waals surface area (Å²) in [5, 5.41) is 2.91. The number of carbonyl (C=O) groups excluding carboxylic acids is 1. The second-order valence-corrected chi connectivity index (χ2v) is 6.00. The van der Waals surface area contributed by atoms with E-state index >= 15 is 0 Å². The van der Waals surface area contributed by atoms with Crippen molar-refractivity contribution in [3.05, 3.63) is 90.0 Å². The standard InChI is InChI=1S/C23H23NO3/c1-2-26-22-14-7-6-13-21(22)23(25)24-19-11-8-12-20(17-19)27-16-15-18-9-4-3-5-10-18/h3-14,17H,2,15-16H2,1H3,(H,24,25). The second-order valence-electron chi connectivity index (χ2n) is 6.00. The number of rotatable bonds is 8. The van der Waals surface area contributed by atoms with Crippen LogP contribution in [0.1, 0.15) is 22.8 Å². The predicted octanol–water partition coefficient (Wildman–Crippen LogP) is 4.96. The van der Waals surface area contributed by atoms with Crippen molar-refractivity contribution < 1.29 is 14.3 Å². The molecule has 0 aliphatic heterocycles. The topological polar surface area (TPSA) is 47.6 Å². The summed E-state index contributed by atoms with van der Waals surface area (Å²) in [5.41, 5.74) is 2.42. The molecule has 0 aliphatic rings. The Kier molecular flexibility index (Phi) is 6.47. The van der Waals surface area contributed by atoms with Crippen LogP contribution in [-0.4, -0.2) is 19.1 Å². The van der Waals surface area contributed by atoms with Gasteiger partial charge >= 0.3 is 0 Å². The highest BCUT2D eigenvalue weighted by Crippen LogP contribution is 2.22. The number of nitrogens with one attached hydrogen (secondary N) is 1. The van der Waals surface area contributed by atoms with E-state index < -0.39 is 0 Å². The molecular formula is C23H23NO3. The molecule has 3 aromatic carbocycles. The molecule has 0 radical (unpaired) electrons. The molecule has 0 spiro atoms. The van der Waals surface area contributed by atoms with Crippen LogP contribution >= 0.6 is 0 Å². The highest BCUT2D eigenvalue weighted by molar-refractivity contribution is 6.06. The van der Waals surface area contributed by atoms with Crippen molar-refractivity contribution in [2.24, 2.45) is 0 Å². The van der Waals surface area contributed by atoms with E-state index in [0.29, 0.717) is 30.2 Å². The van der Waals surface area contributed by atoms with Gasteiger partial charge in [-0.25, -0.2) is 0 Å². The van der Waals surface area contributed by atoms with E-state index in [9.17, 15) is 4.79 Å². The van der Waals surface area contributed by atoms with E-state index in [4.69, 9.17) is 9.47 Å². The summed E-state index contributed by atoms with van der Waals surface area (Å²) >= 11 is 0.